The highest BCUT2D eigenvalue weighted by Crippen LogP contribution is 2.15. The second-order valence-corrected chi connectivity index (χ2v) is 4.54. The molecule has 0 radical (unpaired) electrons. The third-order valence-electron chi connectivity index (χ3n) is 3.16. The maximum Gasteiger partial charge on any atom is 0.193 e. The molecule has 0 N–H and O–H groups in total. The molecule has 0 aliphatic rings. The molecule has 0 spiro atoms. The molecule has 1 aromatic heterocycles. The summed E-state index contributed by atoms with van der Waals surface area (Å²) in [6.45, 7) is 0. The number of nitriles is 1. The summed E-state index contributed by atoms with van der Waals surface area (Å²) >= 11 is 0. The first-order valence-electron chi connectivity index (χ1n) is 6.48. The predicted molar refractivity (Wildman–Crippen MR) is 82.6 cm³/mol. The van der Waals surface area contributed by atoms with Crippen molar-refractivity contribution < 1.29 is 4.42 Å². The van der Waals surface area contributed by atoms with Crippen molar-refractivity contribution in [3.8, 4) is 6.07 Å². The summed E-state index contributed by atoms with van der Waals surface area (Å²) in [4.78, 5) is 12.0. The van der Waals surface area contributed by atoms with Crippen LogP contribution in [-0.4, -0.2) is 0 Å². The number of hydrogen-bond acceptors (Lipinski definition) is 3. The summed E-state index contributed by atoms with van der Waals surface area (Å²) < 4.78 is 5.67. The van der Waals surface area contributed by atoms with Crippen molar-refractivity contribution in [3.63, 3.8) is 0 Å². The van der Waals surface area contributed by atoms with E-state index < -0.39 is 0 Å². The van der Waals surface area contributed by atoms with Gasteiger partial charge in [-0.3, -0.25) is 4.79 Å². The van der Waals surface area contributed by atoms with Crippen LogP contribution in [0.4, 0.5) is 0 Å². The molecule has 21 heavy (non-hydrogen) atoms. The number of rotatable bonds is 2. The Morgan fingerprint density at radius 2 is 1.76 bits per heavy atom. The second-order valence-electron chi connectivity index (χ2n) is 4.54. The van der Waals surface area contributed by atoms with E-state index in [1.165, 1.54) is 6.07 Å². The highest BCUT2D eigenvalue weighted by Gasteiger charge is 2.02. The van der Waals surface area contributed by atoms with Crippen molar-refractivity contribution in [1.29, 1.82) is 5.26 Å². The van der Waals surface area contributed by atoms with Crippen LogP contribution in [0, 0.1) is 11.3 Å². The Labute approximate surface area is 121 Å². The van der Waals surface area contributed by atoms with Gasteiger partial charge in [-0.15, -0.1) is 0 Å². The van der Waals surface area contributed by atoms with Crippen molar-refractivity contribution in [2.45, 2.75) is 0 Å². The molecule has 0 atom stereocenters. The monoisotopic (exact) mass is 273 g/mol. The lowest BCUT2D eigenvalue weighted by molar-refractivity contribution is 0.591. The lowest BCUT2D eigenvalue weighted by Crippen LogP contribution is -1.99. The Balaban J connectivity index is 2.04. The number of fused-ring (bicyclic) bond motifs is 1. The zero-order valence-electron chi connectivity index (χ0n) is 11.1. The summed E-state index contributed by atoms with van der Waals surface area (Å²) in [6, 6.07) is 18.0. The van der Waals surface area contributed by atoms with Crippen LogP contribution in [0.2, 0.25) is 0 Å². The Morgan fingerprint density at radius 1 is 1.00 bits per heavy atom. The first-order valence-corrected chi connectivity index (χ1v) is 6.48. The van der Waals surface area contributed by atoms with Gasteiger partial charge in [0.15, 0.2) is 5.43 Å². The van der Waals surface area contributed by atoms with Gasteiger partial charge in [-0.25, -0.2) is 0 Å². The van der Waals surface area contributed by atoms with Crippen molar-refractivity contribution >= 4 is 23.1 Å². The largest absolute Gasteiger partial charge is 0.456 e. The maximum absolute atomic E-state index is 12.0. The summed E-state index contributed by atoms with van der Waals surface area (Å²) in [6.07, 6.45) is 3.47. The standard InChI is InChI=1S/C18H11NO2/c19-12-14-6-2-1-5-13(14)9-10-15-11-17(20)16-7-3-4-8-18(16)21-15/h1-11H. The smallest absolute Gasteiger partial charge is 0.193 e. The highest BCUT2D eigenvalue weighted by molar-refractivity contribution is 5.78. The number of para-hydroxylation sites is 1. The van der Waals surface area contributed by atoms with Crippen LogP contribution in [0.15, 0.2) is 63.8 Å². The quantitative estimate of drug-likeness (QED) is 0.713. The maximum atomic E-state index is 12.0. The normalized spacial score (nSPS) is 10.8. The first-order chi connectivity index (χ1) is 10.3. The van der Waals surface area contributed by atoms with Gasteiger partial charge in [-0.2, -0.15) is 5.26 Å². The van der Waals surface area contributed by atoms with E-state index in [1.54, 1.807) is 36.4 Å². The van der Waals surface area contributed by atoms with Gasteiger partial charge in [0.2, 0.25) is 0 Å². The van der Waals surface area contributed by atoms with E-state index in [9.17, 15) is 4.79 Å². The Morgan fingerprint density at radius 3 is 2.62 bits per heavy atom. The molecular formula is C18H11NO2. The van der Waals surface area contributed by atoms with Crippen molar-refractivity contribution in [2.75, 3.05) is 0 Å². The third kappa shape index (κ3) is 2.60. The lowest BCUT2D eigenvalue weighted by Gasteiger charge is -1.99. The summed E-state index contributed by atoms with van der Waals surface area (Å²) in [7, 11) is 0. The summed E-state index contributed by atoms with van der Waals surface area (Å²) in [5.74, 6) is 0.464. The molecule has 2 aromatic carbocycles. The van der Waals surface area contributed by atoms with Crippen molar-refractivity contribution in [3.05, 3.63) is 81.7 Å². The molecule has 0 saturated carbocycles. The Hall–Kier alpha value is -3.12. The molecule has 3 rings (SSSR count). The molecule has 0 fully saturated rings. The van der Waals surface area contributed by atoms with E-state index in [2.05, 4.69) is 6.07 Å². The average molecular weight is 273 g/mol. The molecule has 100 valence electrons. The van der Waals surface area contributed by atoms with E-state index in [0.29, 0.717) is 22.3 Å². The van der Waals surface area contributed by atoms with E-state index >= 15 is 0 Å². The first kappa shape index (κ1) is 12.9. The minimum absolute atomic E-state index is 0.0786. The van der Waals surface area contributed by atoms with Crippen LogP contribution in [0.25, 0.3) is 23.1 Å². The van der Waals surface area contributed by atoms with E-state index in [-0.39, 0.29) is 5.43 Å². The van der Waals surface area contributed by atoms with Crippen LogP contribution in [0.3, 0.4) is 0 Å². The van der Waals surface area contributed by atoms with Crippen molar-refractivity contribution in [1.82, 2.24) is 0 Å². The zero-order valence-corrected chi connectivity index (χ0v) is 11.1. The minimum atomic E-state index is -0.0786. The van der Waals surface area contributed by atoms with Gasteiger partial charge < -0.3 is 4.42 Å². The number of nitrogens with zero attached hydrogens (tertiary/aromatic N) is 1. The molecule has 3 nitrogen and oxygen atoms in total. The van der Waals surface area contributed by atoms with E-state index in [0.717, 1.165) is 5.56 Å². The van der Waals surface area contributed by atoms with Crippen LogP contribution in [0.5, 0.6) is 0 Å². The fourth-order valence-corrected chi connectivity index (χ4v) is 2.12. The van der Waals surface area contributed by atoms with Crippen LogP contribution in [0.1, 0.15) is 16.9 Å². The van der Waals surface area contributed by atoms with Gasteiger partial charge in [0.05, 0.1) is 17.0 Å². The molecular weight excluding hydrogens is 262 g/mol. The molecule has 0 amide bonds. The molecule has 0 saturated heterocycles. The molecule has 3 aromatic rings. The van der Waals surface area contributed by atoms with Gasteiger partial charge in [0.1, 0.15) is 11.3 Å². The average Bonchev–Trinajstić information content (AvgIpc) is 2.53. The lowest BCUT2D eigenvalue weighted by atomic mass is 10.1. The third-order valence-corrected chi connectivity index (χ3v) is 3.16. The zero-order chi connectivity index (χ0) is 14.7. The number of hydrogen-bond donors (Lipinski definition) is 0. The predicted octanol–water partition coefficient (Wildman–Crippen LogP) is 3.84. The van der Waals surface area contributed by atoms with Gasteiger partial charge in [-0.05, 0) is 35.9 Å². The summed E-state index contributed by atoms with van der Waals surface area (Å²) in [5, 5.41) is 9.61. The SMILES string of the molecule is N#Cc1ccccc1C=Cc1cc(=O)c2ccccc2o1. The Kier molecular flexibility index (Phi) is 3.36. The number of benzene rings is 2. The molecule has 0 aliphatic carbocycles. The molecule has 1 heterocycles. The second kappa shape index (κ2) is 5.48. The van der Waals surface area contributed by atoms with Crippen molar-refractivity contribution in [2.24, 2.45) is 0 Å². The minimum Gasteiger partial charge on any atom is -0.456 e. The van der Waals surface area contributed by atoms with Crippen LogP contribution >= 0.6 is 0 Å². The van der Waals surface area contributed by atoms with E-state index in [4.69, 9.17) is 9.68 Å². The molecule has 0 bridgehead atoms. The molecule has 0 unspecified atom stereocenters. The fraction of sp³-hybridized carbons (Fsp3) is 0. The van der Waals surface area contributed by atoms with Crippen LogP contribution < -0.4 is 5.43 Å². The van der Waals surface area contributed by atoms with E-state index in [1.807, 2.05) is 24.3 Å². The Bertz CT molecular complexity index is 930. The van der Waals surface area contributed by atoms with Crippen LogP contribution in [-0.2, 0) is 0 Å². The highest BCUT2D eigenvalue weighted by atomic mass is 16.3. The van der Waals surface area contributed by atoms with Gasteiger partial charge in [0.25, 0.3) is 0 Å². The summed E-state index contributed by atoms with van der Waals surface area (Å²) in [5.41, 5.74) is 1.84. The molecule has 0 aliphatic heterocycles. The van der Waals surface area contributed by atoms with Gasteiger partial charge in [-0.1, -0.05) is 30.3 Å². The topological polar surface area (TPSA) is 54.0 Å². The molecule has 3 heteroatoms. The fourth-order valence-electron chi connectivity index (χ4n) is 2.12. The van der Waals surface area contributed by atoms with Gasteiger partial charge >= 0.3 is 0 Å². The van der Waals surface area contributed by atoms with Gasteiger partial charge in [0, 0.05) is 6.07 Å².